The highest BCUT2D eigenvalue weighted by Crippen LogP contribution is 2.17. The van der Waals surface area contributed by atoms with Crippen LogP contribution >= 0.6 is 0 Å². The fourth-order valence-corrected chi connectivity index (χ4v) is 1.58. The minimum absolute atomic E-state index is 0.258. The van der Waals surface area contributed by atoms with Crippen molar-refractivity contribution in [2.45, 2.75) is 13.5 Å². The minimum Gasteiger partial charge on any atom is -0.457 e. The number of rotatable bonds is 4. The maximum absolute atomic E-state index is 11.3. The zero-order chi connectivity index (χ0) is 13.7. The summed E-state index contributed by atoms with van der Waals surface area (Å²) in [6.45, 7) is 5.43. The van der Waals surface area contributed by atoms with E-state index in [9.17, 15) is 4.79 Å². The second kappa shape index (κ2) is 5.96. The number of hydrogen-bond acceptors (Lipinski definition) is 3. The Labute approximate surface area is 112 Å². The number of benzene rings is 1. The van der Waals surface area contributed by atoms with Crippen LogP contribution in [0.3, 0.4) is 0 Å². The number of esters is 1. The van der Waals surface area contributed by atoms with E-state index in [1.807, 2.05) is 42.5 Å². The summed E-state index contributed by atoms with van der Waals surface area (Å²) in [5.74, 6) is -0.367. The first-order chi connectivity index (χ1) is 9.16. The Hall–Kier alpha value is -2.42. The molecule has 0 N–H and O–H groups in total. The maximum atomic E-state index is 11.3. The molecular weight excluding hydrogens is 238 g/mol. The normalized spacial score (nSPS) is 9.95. The molecule has 3 nitrogen and oxygen atoms in total. The third-order valence-electron chi connectivity index (χ3n) is 2.63. The Morgan fingerprint density at radius 1 is 1.21 bits per heavy atom. The molecule has 19 heavy (non-hydrogen) atoms. The molecule has 2 aromatic rings. The lowest BCUT2D eigenvalue weighted by molar-refractivity contribution is -0.140. The van der Waals surface area contributed by atoms with E-state index in [1.54, 1.807) is 13.1 Å². The van der Waals surface area contributed by atoms with E-state index in [0.29, 0.717) is 5.57 Å². The first-order valence-corrected chi connectivity index (χ1v) is 6.00. The number of nitrogens with zero attached hydrogens (tertiary/aromatic N) is 1. The summed E-state index contributed by atoms with van der Waals surface area (Å²) in [6, 6.07) is 13.6. The quantitative estimate of drug-likeness (QED) is 0.619. The highest BCUT2D eigenvalue weighted by Gasteiger charge is 2.04. The molecule has 1 heterocycles. The lowest BCUT2D eigenvalue weighted by Gasteiger charge is -2.05. The lowest BCUT2D eigenvalue weighted by Crippen LogP contribution is -2.04. The summed E-state index contributed by atoms with van der Waals surface area (Å²) in [5, 5.41) is 0. The van der Waals surface area contributed by atoms with E-state index < -0.39 is 0 Å². The van der Waals surface area contributed by atoms with E-state index in [1.165, 1.54) is 0 Å². The van der Waals surface area contributed by atoms with Crippen LogP contribution in [0, 0.1) is 0 Å². The molecule has 2 rings (SSSR count). The highest BCUT2D eigenvalue weighted by molar-refractivity contribution is 5.86. The third-order valence-corrected chi connectivity index (χ3v) is 2.63. The molecule has 0 radical (unpaired) electrons. The van der Waals surface area contributed by atoms with Gasteiger partial charge in [0.2, 0.25) is 0 Å². The van der Waals surface area contributed by atoms with Gasteiger partial charge in [-0.1, -0.05) is 36.9 Å². The van der Waals surface area contributed by atoms with Gasteiger partial charge in [0, 0.05) is 17.3 Å². The molecule has 0 atom stereocenters. The predicted molar refractivity (Wildman–Crippen MR) is 74.3 cm³/mol. The van der Waals surface area contributed by atoms with Crippen molar-refractivity contribution in [2.75, 3.05) is 0 Å². The van der Waals surface area contributed by atoms with Crippen LogP contribution in [-0.4, -0.2) is 11.0 Å². The number of aromatic nitrogens is 1. The molecule has 0 amide bonds. The number of carbonyl (C=O) groups excluding carboxylic acids is 1. The molecule has 0 aliphatic heterocycles. The second-order valence-corrected chi connectivity index (χ2v) is 4.27. The SMILES string of the molecule is C=C(C)C(=O)OCc1ccc(-c2ccccn2)cc1. The van der Waals surface area contributed by atoms with Gasteiger partial charge in [-0.2, -0.15) is 0 Å². The number of carbonyl (C=O) groups is 1. The highest BCUT2D eigenvalue weighted by atomic mass is 16.5. The summed E-state index contributed by atoms with van der Waals surface area (Å²) in [5.41, 5.74) is 3.31. The molecule has 1 aromatic heterocycles. The molecule has 0 unspecified atom stereocenters. The van der Waals surface area contributed by atoms with Crippen molar-refractivity contribution < 1.29 is 9.53 Å². The van der Waals surface area contributed by atoms with Crippen LogP contribution in [0.15, 0.2) is 60.8 Å². The Morgan fingerprint density at radius 2 is 1.95 bits per heavy atom. The van der Waals surface area contributed by atoms with Crippen LogP contribution < -0.4 is 0 Å². The van der Waals surface area contributed by atoms with Crippen molar-refractivity contribution in [3.8, 4) is 11.3 Å². The van der Waals surface area contributed by atoms with Gasteiger partial charge in [-0.05, 0) is 24.6 Å². The van der Waals surface area contributed by atoms with Gasteiger partial charge < -0.3 is 4.74 Å². The monoisotopic (exact) mass is 253 g/mol. The molecule has 0 saturated heterocycles. The Balaban J connectivity index is 2.03. The number of pyridine rings is 1. The molecule has 3 heteroatoms. The fraction of sp³-hybridized carbons (Fsp3) is 0.125. The van der Waals surface area contributed by atoms with Gasteiger partial charge in [-0.25, -0.2) is 4.79 Å². The van der Waals surface area contributed by atoms with Crippen LogP contribution in [-0.2, 0) is 16.1 Å². The molecule has 0 aliphatic rings. The van der Waals surface area contributed by atoms with Crippen LogP contribution in [0.4, 0.5) is 0 Å². The largest absolute Gasteiger partial charge is 0.457 e. The van der Waals surface area contributed by atoms with Gasteiger partial charge in [0.25, 0.3) is 0 Å². The zero-order valence-corrected chi connectivity index (χ0v) is 10.8. The van der Waals surface area contributed by atoms with Gasteiger partial charge >= 0.3 is 5.97 Å². The van der Waals surface area contributed by atoms with E-state index in [4.69, 9.17) is 4.74 Å². The van der Waals surface area contributed by atoms with E-state index in [0.717, 1.165) is 16.8 Å². The summed E-state index contributed by atoms with van der Waals surface area (Å²) in [4.78, 5) is 15.6. The Kier molecular flexibility index (Phi) is 4.08. The minimum atomic E-state index is -0.367. The molecule has 0 spiro atoms. The number of ether oxygens (including phenoxy) is 1. The summed E-state index contributed by atoms with van der Waals surface area (Å²) < 4.78 is 5.08. The van der Waals surface area contributed by atoms with Crippen molar-refractivity contribution >= 4 is 5.97 Å². The van der Waals surface area contributed by atoms with Crippen molar-refractivity contribution in [3.63, 3.8) is 0 Å². The van der Waals surface area contributed by atoms with Gasteiger partial charge in [-0.3, -0.25) is 4.98 Å². The smallest absolute Gasteiger partial charge is 0.333 e. The molecule has 0 bridgehead atoms. The summed E-state index contributed by atoms with van der Waals surface area (Å²) in [6.07, 6.45) is 1.76. The third kappa shape index (κ3) is 3.52. The van der Waals surface area contributed by atoms with Gasteiger partial charge in [0.15, 0.2) is 0 Å². The molecule has 0 aliphatic carbocycles. The molecule has 0 saturated carbocycles. The zero-order valence-electron chi connectivity index (χ0n) is 10.8. The van der Waals surface area contributed by atoms with E-state index in [2.05, 4.69) is 11.6 Å². The molecule has 1 aromatic carbocycles. The van der Waals surface area contributed by atoms with E-state index >= 15 is 0 Å². The standard InChI is InChI=1S/C16H15NO2/c1-12(2)16(18)19-11-13-6-8-14(9-7-13)15-5-3-4-10-17-15/h3-10H,1,11H2,2H3. The molecule has 96 valence electrons. The molecular formula is C16H15NO2. The fourth-order valence-electron chi connectivity index (χ4n) is 1.58. The van der Waals surface area contributed by atoms with Gasteiger partial charge in [0.1, 0.15) is 6.61 Å². The first-order valence-electron chi connectivity index (χ1n) is 6.00. The topological polar surface area (TPSA) is 39.2 Å². The van der Waals surface area contributed by atoms with Gasteiger partial charge in [-0.15, -0.1) is 0 Å². The maximum Gasteiger partial charge on any atom is 0.333 e. The summed E-state index contributed by atoms with van der Waals surface area (Å²) >= 11 is 0. The number of hydrogen-bond donors (Lipinski definition) is 0. The van der Waals surface area contributed by atoms with Crippen molar-refractivity contribution in [3.05, 3.63) is 66.4 Å². The van der Waals surface area contributed by atoms with Gasteiger partial charge in [0.05, 0.1) is 5.69 Å². The van der Waals surface area contributed by atoms with Crippen molar-refractivity contribution in [1.29, 1.82) is 0 Å². The van der Waals surface area contributed by atoms with Crippen LogP contribution in [0.2, 0.25) is 0 Å². The summed E-state index contributed by atoms with van der Waals surface area (Å²) in [7, 11) is 0. The second-order valence-electron chi connectivity index (χ2n) is 4.27. The lowest BCUT2D eigenvalue weighted by atomic mass is 10.1. The average molecular weight is 253 g/mol. The average Bonchev–Trinajstić information content (AvgIpc) is 2.46. The Bertz CT molecular complexity index is 573. The van der Waals surface area contributed by atoms with Crippen LogP contribution in [0.1, 0.15) is 12.5 Å². The first kappa shape index (κ1) is 13.0. The Morgan fingerprint density at radius 3 is 2.53 bits per heavy atom. The van der Waals surface area contributed by atoms with Crippen LogP contribution in [0.5, 0.6) is 0 Å². The molecule has 0 fully saturated rings. The predicted octanol–water partition coefficient (Wildman–Crippen LogP) is 3.37. The van der Waals surface area contributed by atoms with Crippen molar-refractivity contribution in [2.24, 2.45) is 0 Å². The van der Waals surface area contributed by atoms with Crippen LogP contribution in [0.25, 0.3) is 11.3 Å². The van der Waals surface area contributed by atoms with Crippen molar-refractivity contribution in [1.82, 2.24) is 4.98 Å². The van der Waals surface area contributed by atoms with E-state index in [-0.39, 0.29) is 12.6 Å².